The molecule has 12 nitrogen and oxygen atoms in total. The fraction of sp³-hybridized carbons (Fsp3) is 0. The summed E-state index contributed by atoms with van der Waals surface area (Å²) in [5.74, 6) is -3.34. The van der Waals surface area contributed by atoms with E-state index >= 15 is 0 Å². The van der Waals surface area contributed by atoms with Crippen LogP contribution in [-0.2, 0) is 27.7 Å². The predicted molar refractivity (Wildman–Crippen MR) is 150 cm³/mol. The summed E-state index contributed by atoms with van der Waals surface area (Å²) in [6.45, 7) is 0. The molecular weight excluding hydrogens is 635 g/mol. The van der Waals surface area contributed by atoms with Crippen LogP contribution in [0.3, 0.4) is 0 Å². The summed E-state index contributed by atoms with van der Waals surface area (Å²) in [6.07, 6.45) is 0. The summed E-state index contributed by atoms with van der Waals surface area (Å²) < 4.78 is 61.2. The van der Waals surface area contributed by atoms with Gasteiger partial charge in [0, 0.05) is 21.9 Å². The molecule has 16 heteroatoms. The molecule has 0 aliphatic carbocycles. The molecule has 0 atom stereocenters. The third-order valence-corrected chi connectivity index (χ3v) is 9.26. The Balaban J connectivity index is 2.29. The van der Waals surface area contributed by atoms with Crippen LogP contribution in [0.4, 0.5) is 0 Å². The molecule has 42 heavy (non-hydrogen) atoms. The second-order valence-electron chi connectivity index (χ2n) is 8.59. The van der Waals surface area contributed by atoms with Gasteiger partial charge < -0.3 is 10.2 Å². The molecule has 214 valence electrons. The highest BCUT2D eigenvalue weighted by molar-refractivity contribution is 7.88. The Labute approximate surface area is 247 Å². The average molecular weight is 649 g/mol. The molecule has 0 bridgehead atoms. The van der Waals surface area contributed by atoms with Crippen molar-refractivity contribution in [3.63, 3.8) is 0 Å². The first-order valence-electron chi connectivity index (χ1n) is 11.4. The molecule has 0 aliphatic rings. The number of hydrogen-bond acceptors (Lipinski definition) is 10. The fourth-order valence-corrected chi connectivity index (χ4v) is 6.54. The Hall–Kier alpha value is -4.18. The zero-order valence-corrected chi connectivity index (χ0v) is 23.7. The topological polar surface area (TPSA) is 187 Å². The number of fused-ring (bicyclic) bond motifs is 3. The maximum Gasteiger partial charge on any atom is 0.354 e. The number of carboxylic acid groups (broad SMARTS) is 2. The maximum absolute atomic E-state index is 13.2. The smallest absolute Gasteiger partial charge is 0.354 e. The molecule has 0 aliphatic heterocycles. The van der Waals surface area contributed by atoms with E-state index in [2.05, 4.69) is 17.4 Å². The van der Waals surface area contributed by atoms with Crippen molar-refractivity contribution in [3.05, 3.63) is 84.2 Å². The first kappa shape index (κ1) is 29.3. The standard InChI is InChI=1S/C26H14Cl2N2O10S2/c27-39-41(35,36)17-11-15(25(31)32)29-23-21(17)19(13-7-3-1-4-8-13)20(14-9-5-2-6-10-14)22-18(42(37,38)40-28)12-16(26(33)34)30-24(22)23/h1-12H,(H,31,32)(H,33,34). The minimum Gasteiger partial charge on any atom is -0.477 e. The molecule has 0 amide bonds. The quantitative estimate of drug-likeness (QED) is 0.209. The van der Waals surface area contributed by atoms with Crippen molar-refractivity contribution in [1.82, 2.24) is 9.97 Å². The highest BCUT2D eigenvalue weighted by Gasteiger charge is 2.33. The lowest BCUT2D eigenvalue weighted by atomic mass is 9.87. The van der Waals surface area contributed by atoms with Gasteiger partial charge in [-0.2, -0.15) is 24.3 Å². The average Bonchev–Trinajstić information content (AvgIpc) is 2.99. The van der Waals surface area contributed by atoms with Crippen molar-refractivity contribution in [2.45, 2.75) is 9.79 Å². The van der Waals surface area contributed by atoms with Gasteiger partial charge in [0.25, 0.3) is 0 Å². The van der Waals surface area contributed by atoms with Gasteiger partial charge in [-0.05, 0) is 23.3 Å². The first-order valence-corrected chi connectivity index (χ1v) is 14.9. The second kappa shape index (κ2) is 10.9. The van der Waals surface area contributed by atoms with E-state index in [4.69, 9.17) is 23.7 Å². The summed E-state index contributed by atoms with van der Waals surface area (Å²) in [5.41, 5.74) is -1.83. The van der Waals surface area contributed by atoms with Crippen molar-refractivity contribution in [2.75, 3.05) is 0 Å². The monoisotopic (exact) mass is 648 g/mol. The molecule has 5 rings (SSSR count). The van der Waals surface area contributed by atoms with Gasteiger partial charge in [-0.1, -0.05) is 60.7 Å². The van der Waals surface area contributed by atoms with Gasteiger partial charge in [0.05, 0.1) is 34.8 Å². The largest absolute Gasteiger partial charge is 0.477 e. The Bertz CT molecular complexity index is 1990. The summed E-state index contributed by atoms with van der Waals surface area (Å²) in [7, 11) is -9.79. The van der Waals surface area contributed by atoms with Gasteiger partial charge in [-0.25, -0.2) is 19.6 Å². The van der Waals surface area contributed by atoms with Crippen molar-refractivity contribution < 1.29 is 44.1 Å². The minimum atomic E-state index is -4.89. The molecule has 0 saturated heterocycles. The van der Waals surface area contributed by atoms with Gasteiger partial charge in [0.1, 0.15) is 21.2 Å². The zero-order chi connectivity index (χ0) is 30.4. The lowest BCUT2D eigenvalue weighted by Gasteiger charge is -2.21. The van der Waals surface area contributed by atoms with E-state index in [0.29, 0.717) is 11.1 Å². The molecule has 5 aromatic rings. The van der Waals surface area contributed by atoms with Crippen LogP contribution in [0.5, 0.6) is 0 Å². The van der Waals surface area contributed by atoms with Crippen LogP contribution < -0.4 is 0 Å². The van der Waals surface area contributed by atoms with Gasteiger partial charge in [-0.15, -0.1) is 0 Å². The molecular formula is C26H14Cl2N2O10S2. The number of aromatic nitrogens is 2. The van der Waals surface area contributed by atoms with Gasteiger partial charge in [-0.3, -0.25) is 0 Å². The van der Waals surface area contributed by atoms with Crippen molar-refractivity contribution in [1.29, 1.82) is 0 Å². The van der Waals surface area contributed by atoms with Crippen molar-refractivity contribution in [2.24, 2.45) is 0 Å². The van der Waals surface area contributed by atoms with Crippen LogP contribution >= 0.6 is 23.7 Å². The number of halogens is 2. The van der Waals surface area contributed by atoms with E-state index in [1.165, 1.54) is 0 Å². The number of carbonyl (C=O) groups is 2. The molecule has 2 aromatic heterocycles. The van der Waals surface area contributed by atoms with Crippen LogP contribution in [0, 0.1) is 0 Å². The van der Waals surface area contributed by atoms with Crippen molar-refractivity contribution >= 4 is 77.7 Å². The number of carboxylic acids is 2. The van der Waals surface area contributed by atoms with Gasteiger partial charge >= 0.3 is 32.2 Å². The first-order chi connectivity index (χ1) is 19.9. The zero-order valence-electron chi connectivity index (χ0n) is 20.6. The lowest BCUT2D eigenvalue weighted by molar-refractivity contribution is 0.0679. The summed E-state index contributed by atoms with van der Waals surface area (Å²) in [6, 6.07) is 17.6. The number of aromatic carboxylic acids is 2. The summed E-state index contributed by atoms with van der Waals surface area (Å²) >= 11 is 10.7. The van der Waals surface area contributed by atoms with Gasteiger partial charge in [0.15, 0.2) is 0 Å². The molecule has 3 aromatic carbocycles. The molecule has 0 unspecified atom stereocenters. The van der Waals surface area contributed by atoms with Crippen LogP contribution in [-0.4, -0.2) is 49.0 Å². The number of pyridine rings is 2. The summed E-state index contributed by atoms with van der Waals surface area (Å²) in [5, 5.41) is 19.0. The van der Waals surface area contributed by atoms with Crippen LogP contribution in [0.25, 0.3) is 44.1 Å². The molecule has 0 saturated carbocycles. The second-order valence-corrected chi connectivity index (χ2v) is 12.3. The van der Waals surface area contributed by atoms with E-state index in [9.17, 15) is 36.6 Å². The Morgan fingerprint density at radius 3 is 1.24 bits per heavy atom. The number of hydrogen-bond donors (Lipinski definition) is 2. The minimum absolute atomic E-state index is 0.0527. The highest BCUT2D eigenvalue weighted by atomic mass is 35.5. The van der Waals surface area contributed by atoms with E-state index in [0.717, 1.165) is 12.1 Å². The van der Waals surface area contributed by atoms with E-state index in [1.54, 1.807) is 60.7 Å². The van der Waals surface area contributed by atoms with Crippen LogP contribution in [0.2, 0.25) is 0 Å². The Morgan fingerprint density at radius 2 is 0.952 bits per heavy atom. The molecule has 2 heterocycles. The normalized spacial score (nSPS) is 12.0. The fourth-order valence-electron chi connectivity index (χ4n) is 4.59. The third-order valence-electron chi connectivity index (χ3n) is 6.21. The number of nitrogens with zero attached hydrogens (tertiary/aromatic N) is 2. The molecule has 0 spiro atoms. The Kier molecular flexibility index (Phi) is 7.61. The molecule has 2 N–H and O–H groups in total. The van der Waals surface area contributed by atoms with Crippen LogP contribution in [0.1, 0.15) is 21.0 Å². The lowest BCUT2D eigenvalue weighted by Crippen LogP contribution is -2.12. The Morgan fingerprint density at radius 1 is 0.619 bits per heavy atom. The predicted octanol–water partition coefficient (Wildman–Crippen LogP) is 5.23. The van der Waals surface area contributed by atoms with Gasteiger partial charge in [0.2, 0.25) is 0 Å². The number of benzene rings is 3. The van der Waals surface area contributed by atoms with E-state index in [-0.39, 0.29) is 21.9 Å². The van der Waals surface area contributed by atoms with E-state index in [1.807, 2.05) is 0 Å². The molecule has 0 radical (unpaired) electrons. The molecule has 0 fully saturated rings. The number of rotatable bonds is 8. The van der Waals surface area contributed by atoms with Crippen LogP contribution in [0.15, 0.2) is 82.6 Å². The van der Waals surface area contributed by atoms with E-state index < -0.39 is 64.4 Å². The highest BCUT2D eigenvalue weighted by Crippen LogP contribution is 2.48. The SMILES string of the molecule is O=C(O)c1cc(S(=O)(=O)OCl)c2c(-c3ccccc3)c(-c3ccccc3)c3c(S(=O)(=O)OCl)cc(C(=O)O)nc3c2n1. The summed E-state index contributed by atoms with van der Waals surface area (Å²) in [4.78, 5) is 30.8. The maximum atomic E-state index is 13.2. The third kappa shape index (κ3) is 4.93. The van der Waals surface area contributed by atoms with Crippen molar-refractivity contribution in [3.8, 4) is 22.3 Å².